The Kier molecular flexibility index (Phi) is 0.762. The Morgan fingerprint density at radius 3 is 2.38 bits per heavy atom. The molecular formula is C7H13N. The molecule has 0 amide bonds. The summed E-state index contributed by atoms with van der Waals surface area (Å²) in [6.45, 7) is 3.74. The lowest BCUT2D eigenvalue weighted by Crippen LogP contribution is -2.35. The normalized spacial score (nSPS) is 54.0. The molecule has 0 spiro atoms. The topological polar surface area (TPSA) is 3.24 Å². The lowest BCUT2D eigenvalue weighted by molar-refractivity contribution is 0.189. The van der Waals surface area contributed by atoms with Crippen molar-refractivity contribution in [2.24, 2.45) is 11.8 Å². The predicted octanol–water partition coefficient (Wildman–Crippen LogP) is 0.956. The van der Waals surface area contributed by atoms with E-state index in [9.17, 15) is 0 Å². The van der Waals surface area contributed by atoms with Gasteiger partial charge in [0.2, 0.25) is 0 Å². The third-order valence-corrected chi connectivity index (χ3v) is 2.98. The van der Waals surface area contributed by atoms with Gasteiger partial charge in [0.05, 0.1) is 0 Å². The average molecular weight is 111 g/mol. The summed E-state index contributed by atoms with van der Waals surface area (Å²) in [5.74, 6) is 2.07. The molecule has 2 saturated heterocycles. The molecule has 2 bridgehead atoms. The molecule has 8 heavy (non-hydrogen) atoms. The van der Waals surface area contributed by atoms with Gasteiger partial charge in [-0.25, -0.2) is 0 Å². The minimum Gasteiger partial charge on any atom is -0.303 e. The third kappa shape index (κ3) is 0.368. The fraction of sp³-hybridized carbons (Fsp3) is 1.00. The molecule has 1 nitrogen and oxygen atoms in total. The van der Waals surface area contributed by atoms with Crippen molar-refractivity contribution in [2.45, 2.75) is 19.4 Å². The van der Waals surface area contributed by atoms with Gasteiger partial charge in [0.25, 0.3) is 0 Å². The third-order valence-electron chi connectivity index (χ3n) is 2.98. The molecular weight excluding hydrogens is 98.1 g/mol. The van der Waals surface area contributed by atoms with E-state index in [0.29, 0.717) is 0 Å². The van der Waals surface area contributed by atoms with Gasteiger partial charge in [0.1, 0.15) is 0 Å². The maximum Gasteiger partial charge on any atom is 0.0124 e. The van der Waals surface area contributed by atoms with Crippen molar-refractivity contribution in [1.29, 1.82) is 0 Å². The molecule has 2 aliphatic heterocycles. The van der Waals surface area contributed by atoms with E-state index in [-0.39, 0.29) is 0 Å². The number of hydrogen-bond donors (Lipinski definition) is 0. The first-order valence-electron chi connectivity index (χ1n) is 3.49. The zero-order valence-corrected chi connectivity index (χ0v) is 5.59. The van der Waals surface area contributed by atoms with Gasteiger partial charge in [-0.3, -0.25) is 0 Å². The SMILES string of the molecule is C[C@@H]1C2CC1N(C)C2. The lowest BCUT2D eigenvalue weighted by Gasteiger charge is -2.32. The molecule has 46 valence electrons. The van der Waals surface area contributed by atoms with E-state index in [4.69, 9.17) is 0 Å². The first kappa shape index (κ1) is 4.80. The van der Waals surface area contributed by atoms with E-state index in [1.807, 2.05) is 0 Å². The first-order chi connectivity index (χ1) is 3.79. The Balaban J connectivity index is 2.13. The molecule has 2 heterocycles. The van der Waals surface area contributed by atoms with Crippen molar-refractivity contribution in [3.05, 3.63) is 0 Å². The standard InChI is InChI=1S/C7H13N/c1-5-6-3-7(5)8(2)4-6/h5-7H,3-4H2,1-2H3/t5-,6?,7?/m1/s1. The fourth-order valence-electron chi connectivity index (χ4n) is 2.19. The largest absolute Gasteiger partial charge is 0.303 e. The summed E-state index contributed by atoms with van der Waals surface area (Å²) in [4.78, 5) is 2.50. The van der Waals surface area contributed by atoms with Crippen molar-refractivity contribution in [3.8, 4) is 0 Å². The highest BCUT2D eigenvalue weighted by molar-refractivity contribution is 5.00. The minimum atomic E-state index is 0.958. The highest BCUT2D eigenvalue weighted by atomic mass is 15.2. The maximum absolute atomic E-state index is 2.50. The van der Waals surface area contributed by atoms with E-state index < -0.39 is 0 Å². The van der Waals surface area contributed by atoms with Crippen LogP contribution in [-0.4, -0.2) is 24.5 Å². The van der Waals surface area contributed by atoms with Gasteiger partial charge in [0.15, 0.2) is 0 Å². The van der Waals surface area contributed by atoms with Crippen LogP contribution in [0.3, 0.4) is 0 Å². The molecule has 0 aromatic carbocycles. The van der Waals surface area contributed by atoms with Gasteiger partial charge in [0, 0.05) is 12.6 Å². The highest BCUT2D eigenvalue weighted by Crippen LogP contribution is 2.44. The Morgan fingerprint density at radius 1 is 1.50 bits per heavy atom. The van der Waals surface area contributed by atoms with Crippen molar-refractivity contribution >= 4 is 0 Å². The second kappa shape index (κ2) is 1.27. The van der Waals surface area contributed by atoms with Crippen molar-refractivity contribution in [1.82, 2.24) is 4.90 Å². The molecule has 0 radical (unpaired) electrons. The van der Waals surface area contributed by atoms with E-state index in [1.54, 1.807) is 0 Å². The summed E-state index contributed by atoms with van der Waals surface area (Å²) >= 11 is 0. The van der Waals surface area contributed by atoms with Crippen LogP contribution in [0, 0.1) is 11.8 Å². The molecule has 3 aliphatic rings. The second-order valence-corrected chi connectivity index (χ2v) is 3.36. The number of fused-ring (bicyclic) bond motifs is 1. The summed E-state index contributed by atoms with van der Waals surface area (Å²) in [5.41, 5.74) is 0. The molecule has 1 aliphatic carbocycles. The zero-order chi connectivity index (χ0) is 5.72. The van der Waals surface area contributed by atoms with Crippen LogP contribution in [0.4, 0.5) is 0 Å². The molecule has 0 N–H and O–H groups in total. The van der Waals surface area contributed by atoms with Crippen molar-refractivity contribution < 1.29 is 0 Å². The van der Waals surface area contributed by atoms with Crippen LogP contribution in [0.2, 0.25) is 0 Å². The summed E-state index contributed by atoms with van der Waals surface area (Å²) in [7, 11) is 2.24. The van der Waals surface area contributed by atoms with Crippen LogP contribution < -0.4 is 0 Å². The van der Waals surface area contributed by atoms with Gasteiger partial charge in [-0.05, 0) is 25.3 Å². The summed E-state index contributed by atoms with van der Waals surface area (Å²) in [6.07, 6.45) is 1.48. The van der Waals surface area contributed by atoms with Crippen LogP contribution in [0.5, 0.6) is 0 Å². The smallest absolute Gasteiger partial charge is 0.0124 e. The second-order valence-electron chi connectivity index (χ2n) is 3.36. The molecule has 3 rings (SSSR count). The number of hydrogen-bond acceptors (Lipinski definition) is 1. The Labute approximate surface area is 50.7 Å². The summed E-state index contributed by atoms with van der Waals surface area (Å²) < 4.78 is 0. The maximum atomic E-state index is 2.50. The van der Waals surface area contributed by atoms with Crippen LogP contribution in [-0.2, 0) is 0 Å². The minimum absolute atomic E-state index is 0.958. The Bertz CT molecular complexity index is 107. The van der Waals surface area contributed by atoms with E-state index >= 15 is 0 Å². The fourth-order valence-corrected chi connectivity index (χ4v) is 2.19. The molecule has 1 heteroatoms. The first-order valence-corrected chi connectivity index (χ1v) is 3.49. The average Bonchev–Trinajstić information content (AvgIpc) is 2.19. The zero-order valence-electron chi connectivity index (χ0n) is 5.59. The monoisotopic (exact) mass is 111 g/mol. The van der Waals surface area contributed by atoms with E-state index in [1.165, 1.54) is 13.0 Å². The van der Waals surface area contributed by atoms with Gasteiger partial charge in [-0.2, -0.15) is 0 Å². The molecule has 0 aromatic rings. The summed E-state index contributed by atoms with van der Waals surface area (Å²) in [6, 6.07) is 0.958. The van der Waals surface area contributed by atoms with Gasteiger partial charge >= 0.3 is 0 Å². The van der Waals surface area contributed by atoms with Gasteiger partial charge in [-0.15, -0.1) is 0 Å². The quantitative estimate of drug-likeness (QED) is 0.450. The Morgan fingerprint density at radius 2 is 2.25 bits per heavy atom. The summed E-state index contributed by atoms with van der Waals surface area (Å²) in [5, 5.41) is 0. The molecule has 3 fully saturated rings. The van der Waals surface area contributed by atoms with Crippen LogP contribution in [0.1, 0.15) is 13.3 Å². The highest BCUT2D eigenvalue weighted by Gasteiger charge is 2.47. The van der Waals surface area contributed by atoms with Crippen LogP contribution >= 0.6 is 0 Å². The van der Waals surface area contributed by atoms with Crippen LogP contribution in [0.15, 0.2) is 0 Å². The van der Waals surface area contributed by atoms with E-state index in [0.717, 1.165) is 17.9 Å². The molecule has 3 atom stereocenters. The number of nitrogens with zero attached hydrogens (tertiary/aromatic N) is 1. The van der Waals surface area contributed by atoms with Gasteiger partial charge in [-0.1, -0.05) is 6.92 Å². The van der Waals surface area contributed by atoms with E-state index in [2.05, 4.69) is 18.9 Å². The van der Waals surface area contributed by atoms with Crippen molar-refractivity contribution in [3.63, 3.8) is 0 Å². The molecule has 2 unspecified atom stereocenters. The lowest BCUT2D eigenvalue weighted by atomic mass is 9.75. The molecule has 0 aromatic heterocycles. The molecule has 1 saturated carbocycles. The van der Waals surface area contributed by atoms with Crippen molar-refractivity contribution in [2.75, 3.05) is 13.6 Å². The number of rotatable bonds is 0. The van der Waals surface area contributed by atoms with Gasteiger partial charge < -0.3 is 4.90 Å². The van der Waals surface area contributed by atoms with Crippen LogP contribution in [0.25, 0.3) is 0 Å². The Hall–Kier alpha value is -0.0400. The predicted molar refractivity (Wildman–Crippen MR) is 33.7 cm³/mol.